The molecule has 0 aliphatic rings. The normalized spacial score (nSPS) is 12.7. The molecule has 0 aromatic heterocycles. The van der Waals surface area contributed by atoms with E-state index in [0.29, 0.717) is 36.7 Å². The third kappa shape index (κ3) is 6.79. The topological polar surface area (TPSA) is 57.6 Å². The molecular weight excluding hydrogens is 297 g/mol. The van der Waals surface area contributed by atoms with E-state index in [1.807, 2.05) is 0 Å². The Kier molecular flexibility index (Phi) is 9.84. The number of likely N-dealkylation sites (N-methyl/N-ethyl adjacent to an activating group) is 1. The van der Waals surface area contributed by atoms with E-state index in [1.54, 1.807) is 27.8 Å². The number of hydrogen-bond donors (Lipinski definition) is 1. The Labute approximate surface area is 138 Å². The summed E-state index contributed by atoms with van der Waals surface area (Å²) >= 11 is 0. The number of allylic oxidation sites excluding steroid dienone is 1. The van der Waals surface area contributed by atoms with E-state index >= 15 is 0 Å². The van der Waals surface area contributed by atoms with Crippen molar-refractivity contribution < 1.29 is 19.1 Å². The maximum atomic E-state index is 13.7. The number of rotatable bonds is 9. The maximum absolute atomic E-state index is 13.7. The number of aliphatic hydroxyl groups excluding tert-OH is 1. The number of carbonyl (C=O) groups excluding carboxylic acids is 2. The summed E-state index contributed by atoms with van der Waals surface area (Å²) < 4.78 is 13.7. The van der Waals surface area contributed by atoms with E-state index in [2.05, 4.69) is 5.92 Å². The lowest BCUT2D eigenvalue weighted by Gasteiger charge is -2.25. The second-order valence-electron chi connectivity index (χ2n) is 5.76. The van der Waals surface area contributed by atoms with Gasteiger partial charge in [0.1, 0.15) is 5.83 Å². The molecule has 0 rings (SSSR count). The molecule has 0 aromatic carbocycles. The van der Waals surface area contributed by atoms with Crippen molar-refractivity contribution in [3.63, 3.8) is 0 Å². The maximum Gasteiger partial charge on any atom is 0.256 e. The predicted molar refractivity (Wildman–Crippen MR) is 89.1 cm³/mol. The van der Waals surface area contributed by atoms with Gasteiger partial charge in [0.2, 0.25) is 0 Å². The third-order valence-electron chi connectivity index (χ3n) is 3.78. The Morgan fingerprint density at radius 3 is 2.43 bits per heavy atom. The zero-order valence-corrected chi connectivity index (χ0v) is 14.4. The molecule has 0 bridgehead atoms. The summed E-state index contributed by atoms with van der Waals surface area (Å²) in [7, 11) is 1.58. The van der Waals surface area contributed by atoms with E-state index < -0.39 is 12.4 Å². The van der Waals surface area contributed by atoms with Gasteiger partial charge in [0, 0.05) is 25.9 Å². The van der Waals surface area contributed by atoms with E-state index in [-0.39, 0.29) is 23.9 Å². The van der Waals surface area contributed by atoms with Gasteiger partial charge in [-0.1, -0.05) is 5.57 Å². The minimum Gasteiger partial charge on any atom is -0.389 e. The minimum atomic E-state index is -0.664. The van der Waals surface area contributed by atoms with Gasteiger partial charge >= 0.3 is 0 Å². The van der Waals surface area contributed by atoms with Crippen LogP contribution in [0.1, 0.15) is 40.0 Å². The Bertz CT molecular complexity index is 525. The van der Waals surface area contributed by atoms with Crippen molar-refractivity contribution in [2.24, 2.45) is 5.92 Å². The van der Waals surface area contributed by atoms with Gasteiger partial charge < -0.3 is 10.0 Å². The van der Waals surface area contributed by atoms with E-state index in [9.17, 15) is 14.0 Å². The van der Waals surface area contributed by atoms with Gasteiger partial charge in [-0.2, -0.15) is 0 Å². The highest BCUT2D eigenvalue weighted by Gasteiger charge is 2.22. The van der Waals surface area contributed by atoms with E-state index in [0.717, 1.165) is 0 Å². The van der Waals surface area contributed by atoms with Crippen molar-refractivity contribution in [2.45, 2.75) is 40.0 Å². The average Bonchev–Trinajstić information content (AvgIpc) is 2.52. The van der Waals surface area contributed by atoms with Crippen molar-refractivity contribution in [2.75, 3.05) is 20.2 Å². The van der Waals surface area contributed by atoms with Crippen LogP contribution in [0.3, 0.4) is 0 Å². The molecule has 1 atom stereocenters. The molecule has 0 fully saturated rings. The molecule has 0 saturated carbocycles. The van der Waals surface area contributed by atoms with Crippen LogP contribution in [-0.2, 0) is 9.59 Å². The summed E-state index contributed by atoms with van der Waals surface area (Å²) in [5.41, 5.74) is 1.16. The number of carbonyl (C=O) groups is 2. The first-order chi connectivity index (χ1) is 10.8. The fourth-order valence-electron chi connectivity index (χ4n) is 2.24. The van der Waals surface area contributed by atoms with Crippen molar-refractivity contribution >= 4 is 12.2 Å². The highest BCUT2D eigenvalue weighted by Crippen LogP contribution is 2.23. The fraction of sp³-hybridized carbons (Fsp3) is 0.556. The molecule has 5 heteroatoms. The summed E-state index contributed by atoms with van der Waals surface area (Å²) in [6.07, 6.45) is 7.64. The smallest absolute Gasteiger partial charge is 0.256 e. The minimum absolute atomic E-state index is 0.110. The quantitative estimate of drug-likeness (QED) is 0.177. The molecule has 0 aromatic rings. The number of aliphatic hydroxyl groups is 1. The van der Waals surface area contributed by atoms with Gasteiger partial charge in [-0.3, -0.25) is 9.59 Å². The first-order valence-electron chi connectivity index (χ1n) is 7.57. The van der Waals surface area contributed by atoms with E-state index in [1.165, 1.54) is 4.90 Å². The lowest BCUT2D eigenvalue weighted by atomic mass is 9.92. The van der Waals surface area contributed by atoms with Crippen LogP contribution in [-0.4, -0.2) is 42.4 Å². The number of unbranched alkanes of at least 4 members (excludes halogenated alkanes) is 1. The Hall–Kier alpha value is -1.93. The Morgan fingerprint density at radius 2 is 2.00 bits per heavy atom. The fourth-order valence-corrected chi connectivity index (χ4v) is 2.24. The van der Waals surface area contributed by atoms with Crippen LogP contribution < -0.4 is 0 Å². The highest BCUT2D eigenvalue weighted by molar-refractivity contribution is 6.10. The molecule has 1 amide bonds. The van der Waals surface area contributed by atoms with Crippen LogP contribution in [0, 0.1) is 18.3 Å². The molecule has 1 N–H and O–H groups in total. The summed E-state index contributed by atoms with van der Waals surface area (Å²) in [6.45, 7) is 4.58. The zero-order valence-electron chi connectivity index (χ0n) is 14.4. The Morgan fingerprint density at radius 1 is 1.39 bits per heavy atom. The average molecular weight is 323 g/mol. The van der Waals surface area contributed by atoms with Crippen LogP contribution in [0.15, 0.2) is 22.5 Å². The monoisotopic (exact) mass is 323 g/mol. The van der Waals surface area contributed by atoms with Crippen LogP contribution in [0.2, 0.25) is 0 Å². The van der Waals surface area contributed by atoms with Gasteiger partial charge in [0.15, 0.2) is 6.29 Å². The summed E-state index contributed by atoms with van der Waals surface area (Å²) in [5.74, 6) is 1.30. The van der Waals surface area contributed by atoms with Crippen LogP contribution in [0.25, 0.3) is 0 Å². The second-order valence-corrected chi connectivity index (χ2v) is 5.76. The van der Waals surface area contributed by atoms with Crippen LogP contribution in [0.4, 0.5) is 4.39 Å². The largest absolute Gasteiger partial charge is 0.389 e. The summed E-state index contributed by atoms with van der Waals surface area (Å²) in [6, 6.07) is 0. The first kappa shape index (κ1) is 21.1. The molecular formula is C18H26FNO3. The molecule has 0 aliphatic heterocycles. The Balaban J connectivity index is 5.22. The predicted octanol–water partition coefficient (Wildman–Crippen LogP) is 2.64. The van der Waals surface area contributed by atoms with Crippen molar-refractivity contribution in [3.8, 4) is 12.3 Å². The molecule has 0 spiro atoms. The van der Waals surface area contributed by atoms with Crippen molar-refractivity contribution in [1.29, 1.82) is 0 Å². The standard InChI is InChI=1S/C18H26FNO3/c1-6-7-8-9-15(14(4)17(19)12-22)10-20(5)18(23)16(11-21)13(2)3/h1,11,15,22H,7-10,12H2,2-5H3/b17-14+. The number of amides is 1. The number of nitrogens with zero attached hydrogens (tertiary/aromatic N) is 1. The molecule has 0 saturated heterocycles. The molecule has 0 aliphatic carbocycles. The lowest BCUT2D eigenvalue weighted by molar-refractivity contribution is -0.127. The summed E-state index contributed by atoms with van der Waals surface area (Å²) in [4.78, 5) is 24.7. The van der Waals surface area contributed by atoms with Gasteiger partial charge in [0.25, 0.3) is 5.91 Å². The molecule has 4 nitrogen and oxygen atoms in total. The molecule has 0 radical (unpaired) electrons. The number of halogens is 1. The van der Waals surface area contributed by atoms with Gasteiger partial charge in [0.05, 0.1) is 12.2 Å². The first-order valence-corrected chi connectivity index (χ1v) is 7.57. The van der Waals surface area contributed by atoms with E-state index in [4.69, 9.17) is 11.5 Å². The van der Waals surface area contributed by atoms with Crippen LogP contribution >= 0.6 is 0 Å². The lowest BCUT2D eigenvalue weighted by Crippen LogP contribution is -2.34. The number of aldehydes is 1. The molecule has 23 heavy (non-hydrogen) atoms. The summed E-state index contributed by atoms with van der Waals surface area (Å²) in [5, 5.41) is 8.97. The van der Waals surface area contributed by atoms with Crippen molar-refractivity contribution in [1.82, 2.24) is 4.90 Å². The molecule has 1 unspecified atom stereocenters. The highest BCUT2D eigenvalue weighted by atomic mass is 19.1. The molecule has 0 heterocycles. The van der Waals surface area contributed by atoms with Crippen LogP contribution in [0.5, 0.6) is 0 Å². The number of terminal acetylenes is 1. The SMILES string of the molecule is C#CCCCC(CN(C)C(=O)C(C=O)=C(C)C)/C(C)=C(/F)CO. The number of hydrogen-bond acceptors (Lipinski definition) is 3. The zero-order chi connectivity index (χ0) is 18.0. The second kappa shape index (κ2) is 10.7. The molecule has 128 valence electrons. The van der Waals surface area contributed by atoms with Gasteiger partial charge in [-0.25, -0.2) is 4.39 Å². The third-order valence-corrected chi connectivity index (χ3v) is 3.78. The van der Waals surface area contributed by atoms with Crippen molar-refractivity contribution in [3.05, 3.63) is 22.5 Å². The van der Waals surface area contributed by atoms with Gasteiger partial charge in [-0.05, 0) is 39.2 Å². The van der Waals surface area contributed by atoms with Gasteiger partial charge in [-0.15, -0.1) is 12.3 Å².